The van der Waals surface area contributed by atoms with Crippen molar-refractivity contribution in [2.45, 2.75) is 51.9 Å². The van der Waals surface area contributed by atoms with Gasteiger partial charge in [0.1, 0.15) is 0 Å². The molecule has 0 bridgehead atoms. The van der Waals surface area contributed by atoms with E-state index in [1.165, 1.54) is 18.4 Å². The van der Waals surface area contributed by atoms with E-state index in [2.05, 4.69) is 46.9 Å². The fourth-order valence-electron chi connectivity index (χ4n) is 2.79. The predicted octanol–water partition coefficient (Wildman–Crippen LogP) is 4.64. The van der Waals surface area contributed by atoms with Gasteiger partial charge >= 0.3 is 0 Å². The van der Waals surface area contributed by atoms with Crippen LogP contribution in [0.5, 0.6) is 0 Å². The maximum absolute atomic E-state index is 12.5. The Bertz CT molecular complexity index is 587. The van der Waals surface area contributed by atoms with Crippen LogP contribution in [-0.4, -0.2) is 29.0 Å². The molecule has 0 aromatic heterocycles. The Morgan fingerprint density at radius 3 is 2.30 bits per heavy atom. The van der Waals surface area contributed by atoms with Gasteiger partial charge < -0.3 is 4.90 Å². The number of benzene rings is 1. The van der Waals surface area contributed by atoms with Gasteiger partial charge in [-0.25, -0.2) is 0 Å². The minimum absolute atomic E-state index is 0.0369. The largest absolute Gasteiger partial charge is 0.349 e. The van der Waals surface area contributed by atoms with Crippen molar-refractivity contribution in [2.24, 2.45) is 0 Å². The van der Waals surface area contributed by atoms with Gasteiger partial charge in [0.05, 0.1) is 0 Å². The minimum Gasteiger partial charge on any atom is -0.349 e. The summed E-state index contributed by atoms with van der Waals surface area (Å²) in [4.78, 5) is 14.6. The summed E-state index contributed by atoms with van der Waals surface area (Å²) in [6, 6.07) is 5.75. The molecule has 0 atom stereocenters. The molecule has 1 N–H and O–H groups in total. The summed E-state index contributed by atoms with van der Waals surface area (Å²) in [7, 11) is 0. The maximum atomic E-state index is 12.5. The second kappa shape index (κ2) is 7.75. The van der Waals surface area contributed by atoms with Crippen LogP contribution in [0.2, 0.25) is 0 Å². The van der Waals surface area contributed by atoms with Crippen molar-refractivity contribution in [1.82, 2.24) is 10.2 Å². The first kappa shape index (κ1) is 18.4. The first-order chi connectivity index (χ1) is 10.8. The smallest absolute Gasteiger partial charge is 0.257 e. The lowest BCUT2D eigenvalue weighted by Gasteiger charge is -2.24. The van der Waals surface area contributed by atoms with E-state index in [9.17, 15) is 4.79 Å². The number of carbonyl (C=O) groups is 1. The molecule has 1 aliphatic rings. The van der Waals surface area contributed by atoms with Crippen molar-refractivity contribution in [3.05, 3.63) is 33.8 Å². The average Bonchev–Trinajstić information content (AvgIpc) is 2.74. The third kappa shape index (κ3) is 5.01. The third-order valence-corrected chi connectivity index (χ3v) is 5.17. The summed E-state index contributed by atoms with van der Waals surface area (Å²) >= 11 is 8.99. The van der Waals surface area contributed by atoms with Gasteiger partial charge in [-0.15, -0.1) is 0 Å². The molecule has 1 aromatic carbocycles. The van der Waals surface area contributed by atoms with Gasteiger partial charge in [-0.1, -0.05) is 55.6 Å². The van der Waals surface area contributed by atoms with Crippen LogP contribution < -0.4 is 5.32 Å². The van der Waals surface area contributed by atoms with E-state index < -0.39 is 0 Å². The topological polar surface area (TPSA) is 32.3 Å². The standard InChI is InChI=1S/C18H25BrN2OS/c1-18(2,3)14-9-8-13(12-15(14)19)16(22)20-17(23)21-10-6-4-5-7-11-21/h8-9,12H,4-7,10-11H2,1-3H3,(H,20,22,23). The first-order valence-electron chi connectivity index (χ1n) is 8.19. The van der Waals surface area contributed by atoms with Crippen molar-refractivity contribution < 1.29 is 4.79 Å². The van der Waals surface area contributed by atoms with E-state index in [-0.39, 0.29) is 11.3 Å². The molecule has 23 heavy (non-hydrogen) atoms. The number of carbonyl (C=O) groups excluding carboxylic acids is 1. The number of amides is 1. The van der Waals surface area contributed by atoms with Gasteiger partial charge in [0.2, 0.25) is 0 Å². The molecule has 0 aliphatic carbocycles. The Hall–Kier alpha value is -0.940. The number of nitrogens with zero attached hydrogens (tertiary/aromatic N) is 1. The number of rotatable bonds is 1. The Morgan fingerprint density at radius 2 is 1.78 bits per heavy atom. The molecule has 1 heterocycles. The number of nitrogens with one attached hydrogen (secondary N) is 1. The summed E-state index contributed by atoms with van der Waals surface area (Å²) in [6.45, 7) is 8.33. The summed E-state index contributed by atoms with van der Waals surface area (Å²) in [5.41, 5.74) is 1.85. The van der Waals surface area contributed by atoms with Gasteiger partial charge in [0, 0.05) is 23.1 Å². The Balaban J connectivity index is 2.05. The zero-order valence-electron chi connectivity index (χ0n) is 14.1. The lowest BCUT2D eigenvalue weighted by Crippen LogP contribution is -2.43. The molecule has 0 saturated carbocycles. The van der Waals surface area contributed by atoms with Gasteiger partial charge in [-0.3, -0.25) is 10.1 Å². The van der Waals surface area contributed by atoms with E-state index in [0.29, 0.717) is 10.7 Å². The summed E-state index contributed by atoms with van der Waals surface area (Å²) in [6.07, 6.45) is 4.77. The van der Waals surface area contributed by atoms with Crippen LogP contribution in [0.1, 0.15) is 62.4 Å². The number of hydrogen-bond acceptors (Lipinski definition) is 2. The minimum atomic E-state index is -0.139. The van der Waals surface area contributed by atoms with E-state index >= 15 is 0 Å². The average molecular weight is 397 g/mol. The summed E-state index contributed by atoms with van der Waals surface area (Å²) < 4.78 is 0.957. The fraction of sp³-hybridized carbons (Fsp3) is 0.556. The Morgan fingerprint density at radius 1 is 1.17 bits per heavy atom. The molecule has 1 aliphatic heterocycles. The molecule has 1 saturated heterocycles. The van der Waals surface area contributed by atoms with Crippen LogP contribution >= 0.6 is 28.1 Å². The summed E-state index contributed by atoms with van der Waals surface area (Å²) in [5, 5.41) is 3.43. The highest BCUT2D eigenvalue weighted by molar-refractivity contribution is 9.10. The molecule has 0 radical (unpaired) electrons. The quantitative estimate of drug-likeness (QED) is 0.701. The number of halogens is 1. The molecule has 0 unspecified atom stereocenters. The molecule has 2 rings (SSSR count). The van der Waals surface area contributed by atoms with Crippen molar-refractivity contribution in [2.75, 3.05) is 13.1 Å². The Kier molecular flexibility index (Phi) is 6.20. The highest BCUT2D eigenvalue weighted by Crippen LogP contribution is 2.30. The van der Waals surface area contributed by atoms with Gasteiger partial charge in [-0.2, -0.15) is 0 Å². The van der Waals surface area contributed by atoms with Crippen molar-refractivity contribution in [3.8, 4) is 0 Å². The number of hydrogen-bond donors (Lipinski definition) is 1. The second-order valence-corrected chi connectivity index (χ2v) is 8.35. The highest BCUT2D eigenvalue weighted by atomic mass is 79.9. The number of thiocarbonyl (C=S) groups is 1. The molecule has 3 nitrogen and oxygen atoms in total. The van der Waals surface area contributed by atoms with E-state index in [1.54, 1.807) is 0 Å². The van der Waals surface area contributed by atoms with Gasteiger partial charge in [-0.05, 0) is 48.2 Å². The van der Waals surface area contributed by atoms with Gasteiger partial charge in [0.15, 0.2) is 5.11 Å². The maximum Gasteiger partial charge on any atom is 0.257 e. The SMILES string of the molecule is CC(C)(C)c1ccc(C(=O)NC(=S)N2CCCCCC2)cc1Br. The van der Waals surface area contributed by atoms with Crippen LogP contribution in [-0.2, 0) is 5.41 Å². The fourth-order valence-corrected chi connectivity index (χ4v) is 4.04. The lowest BCUT2D eigenvalue weighted by atomic mass is 9.86. The molecule has 1 fully saturated rings. The zero-order valence-corrected chi connectivity index (χ0v) is 16.5. The molecule has 0 spiro atoms. The molecule has 1 aromatic rings. The van der Waals surface area contributed by atoms with Crippen molar-refractivity contribution >= 4 is 39.2 Å². The molecule has 1 amide bonds. The normalized spacial score (nSPS) is 15.9. The van der Waals surface area contributed by atoms with Crippen LogP contribution in [0.15, 0.2) is 22.7 Å². The molecule has 126 valence electrons. The zero-order chi connectivity index (χ0) is 17.0. The molecular weight excluding hydrogens is 372 g/mol. The molecular formula is C18H25BrN2OS. The molecule has 5 heteroatoms. The highest BCUT2D eigenvalue weighted by Gasteiger charge is 2.20. The van der Waals surface area contributed by atoms with Crippen LogP contribution in [0.3, 0.4) is 0 Å². The summed E-state index contributed by atoms with van der Waals surface area (Å²) in [5.74, 6) is -0.139. The lowest BCUT2D eigenvalue weighted by molar-refractivity contribution is 0.0973. The van der Waals surface area contributed by atoms with Gasteiger partial charge in [0.25, 0.3) is 5.91 Å². The second-order valence-electron chi connectivity index (χ2n) is 7.11. The third-order valence-electron chi connectivity index (χ3n) is 4.15. The predicted molar refractivity (Wildman–Crippen MR) is 103 cm³/mol. The van der Waals surface area contributed by atoms with Crippen LogP contribution in [0, 0.1) is 0 Å². The van der Waals surface area contributed by atoms with Crippen LogP contribution in [0.4, 0.5) is 0 Å². The first-order valence-corrected chi connectivity index (χ1v) is 9.39. The number of likely N-dealkylation sites (tertiary alicyclic amines) is 1. The van der Waals surface area contributed by atoms with Crippen molar-refractivity contribution in [3.63, 3.8) is 0 Å². The Labute approximate surface area is 153 Å². The monoisotopic (exact) mass is 396 g/mol. The van der Waals surface area contributed by atoms with E-state index in [0.717, 1.165) is 30.4 Å². The van der Waals surface area contributed by atoms with E-state index in [1.807, 2.05) is 18.2 Å². The van der Waals surface area contributed by atoms with E-state index in [4.69, 9.17) is 12.2 Å². The van der Waals surface area contributed by atoms with Crippen LogP contribution in [0.25, 0.3) is 0 Å². The van der Waals surface area contributed by atoms with Crippen molar-refractivity contribution in [1.29, 1.82) is 0 Å².